The number of Topliss-reactive ketones (excluding diaryl/α,β-unsaturated/α-hetero) is 1. The summed E-state index contributed by atoms with van der Waals surface area (Å²) in [6, 6.07) is 6.16. The molecule has 1 heterocycles. The van der Waals surface area contributed by atoms with Gasteiger partial charge in [-0.05, 0) is 12.1 Å². The minimum atomic E-state index is -1.62. The molecule has 1 aliphatic rings. The van der Waals surface area contributed by atoms with Crippen molar-refractivity contribution >= 4 is 29.3 Å². The lowest BCUT2D eigenvalue weighted by molar-refractivity contribution is -0.236. The minimum absolute atomic E-state index is 0.0859. The van der Waals surface area contributed by atoms with Gasteiger partial charge in [-0.3, -0.25) is 14.4 Å². The standard InChI is InChI=1S/C13H11ClO5/c1-13(2)18-11(16)9(12(17)19-13)10(15)7-5-3-4-6-8(7)14/h3-6,9H,1-2H3. The van der Waals surface area contributed by atoms with Gasteiger partial charge in [0.25, 0.3) is 5.79 Å². The van der Waals surface area contributed by atoms with Crippen LogP contribution in [0.1, 0.15) is 24.2 Å². The van der Waals surface area contributed by atoms with Gasteiger partial charge >= 0.3 is 11.9 Å². The summed E-state index contributed by atoms with van der Waals surface area (Å²) in [4.78, 5) is 35.7. The molecule has 0 bridgehead atoms. The number of rotatable bonds is 2. The normalized spacial score (nSPS) is 18.7. The van der Waals surface area contributed by atoms with Crippen LogP contribution in [-0.2, 0) is 19.1 Å². The summed E-state index contributed by atoms with van der Waals surface area (Å²) in [6.07, 6.45) is 0. The summed E-state index contributed by atoms with van der Waals surface area (Å²) in [7, 11) is 0. The number of hydrogen-bond acceptors (Lipinski definition) is 5. The summed E-state index contributed by atoms with van der Waals surface area (Å²) < 4.78 is 9.79. The van der Waals surface area contributed by atoms with Gasteiger partial charge in [0, 0.05) is 19.4 Å². The number of esters is 2. The number of halogens is 1. The lowest BCUT2D eigenvalue weighted by atomic mass is 9.96. The Morgan fingerprint density at radius 3 is 2.21 bits per heavy atom. The van der Waals surface area contributed by atoms with E-state index in [9.17, 15) is 14.4 Å². The van der Waals surface area contributed by atoms with Gasteiger partial charge in [-0.1, -0.05) is 23.7 Å². The lowest BCUT2D eigenvalue weighted by Gasteiger charge is -2.32. The maximum atomic E-state index is 12.2. The highest BCUT2D eigenvalue weighted by atomic mass is 35.5. The monoisotopic (exact) mass is 282 g/mol. The van der Waals surface area contributed by atoms with Crippen molar-refractivity contribution in [2.75, 3.05) is 0 Å². The Kier molecular flexibility index (Phi) is 3.32. The van der Waals surface area contributed by atoms with Gasteiger partial charge in [-0.25, -0.2) is 0 Å². The molecule has 0 unspecified atom stereocenters. The lowest BCUT2D eigenvalue weighted by Crippen LogP contribution is -2.49. The molecular weight excluding hydrogens is 272 g/mol. The zero-order chi connectivity index (χ0) is 14.2. The van der Waals surface area contributed by atoms with Gasteiger partial charge in [0.15, 0.2) is 5.78 Å². The molecule has 1 aromatic rings. The van der Waals surface area contributed by atoms with Gasteiger partial charge in [-0.15, -0.1) is 0 Å². The topological polar surface area (TPSA) is 69.7 Å². The average Bonchev–Trinajstić information content (AvgIpc) is 2.26. The fourth-order valence-corrected chi connectivity index (χ4v) is 1.98. The van der Waals surface area contributed by atoms with E-state index in [1.54, 1.807) is 12.1 Å². The second kappa shape index (κ2) is 4.66. The summed E-state index contributed by atoms with van der Waals surface area (Å²) in [5.41, 5.74) is 0.0859. The van der Waals surface area contributed by atoms with Crippen molar-refractivity contribution in [2.45, 2.75) is 19.6 Å². The summed E-state index contributed by atoms with van der Waals surface area (Å²) in [5.74, 6) is -5.55. The van der Waals surface area contributed by atoms with Gasteiger partial charge in [0.1, 0.15) is 0 Å². The van der Waals surface area contributed by atoms with Gasteiger partial charge < -0.3 is 9.47 Å². The number of cyclic esters (lactones) is 2. The third-order valence-corrected chi connectivity index (χ3v) is 2.90. The molecule has 0 saturated carbocycles. The zero-order valence-corrected chi connectivity index (χ0v) is 11.1. The van der Waals surface area contributed by atoms with Crippen LogP contribution < -0.4 is 0 Å². The second-order valence-corrected chi connectivity index (χ2v) is 4.93. The van der Waals surface area contributed by atoms with E-state index in [4.69, 9.17) is 21.1 Å². The van der Waals surface area contributed by atoms with Crippen LogP contribution in [0, 0.1) is 5.92 Å². The molecule has 1 aliphatic heterocycles. The highest BCUT2D eigenvalue weighted by Crippen LogP contribution is 2.27. The molecule has 0 amide bonds. The summed E-state index contributed by atoms with van der Waals surface area (Å²) in [6.45, 7) is 2.83. The van der Waals surface area contributed by atoms with E-state index >= 15 is 0 Å². The Labute approximate surface area is 114 Å². The Morgan fingerprint density at radius 2 is 1.68 bits per heavy atom. The Morgan fingerprint density at radius 1 is 1.16 bits per heavy atom. The number of ether oxygens (including phenoxy) is 2. The van der Waals surface area contributed by atoms with Crippen LogP contribution in [0.25, 0.3) is 0 Å². The molecule has 0 aromatic heterocycles. The molecule has 1 saturated heterocycles. The average molecular weight is 283 g/mol. The molecule has 0 atom stereocenters. The molecular formula is C13H11ClO5. The van der Waals surface area contributed by atoms with E-state index in [0.29, 0.717) is 0 Å². The Balaban J connectivity index is 2.33. The number of ketones is 1. The maximum Gasteiger partial charge on any atom is 0.331 e. The van der Waals surface area contributed by atoms with Crippen molar-refractivity contribution in [1.29, 1.82) is 0 Å². The molecule has 100 valence electrons. The van der Waals surface area contributed by atoms with E-state index in [1.165, 1.54) is 26.0 Å². The fraction of sp³-hybridized carbons (Fsp3) is 0.308. The molecule has 1 fully saturated rings. The highest BCUT2D eigenvalue weighted by Gasteiger charge is 2.47. The molecule has 0 spiro atoms. The van der Waals surface area contributed by atoms with E-state index < -0.39 is 29.4 Å². The quantitative estimate of drug-likeness (QED) is 0.471. The Hall–Kier alpha value is -1.88. The minimum Gasteiger partial charge on any atom is -0.422 e. The first kappa shape index (κ1) is 13.5. The van der Waals surface area contributed by atoms with Crippen LogP contribution in [0.15, 0.2) is 24.3 Å². The maximum absolute atomic E-state index is 12.2. The van der Waals surface area contributed by atoms with Gasteiger partial charge in [-0.2, -0.15) is 0 Å². The molecule has 1 aromatic carbocycles. The first-order valence-electron chi connectivity index (χ1n) is 5.56. The smallest absolute Gasteiger partial charge is 0.331 e. The SMILES string of the molecule is CC1(C)OC(=O)C(C(=O)c2ccccc2Cl)C(=O)O1. The molecule has 5 nitrogen and oxygen atoms in total. The molecule has 0 N–H and O–H groups in total. The molecule has 2 rings (SSSR count). The van der Waals surface area contributed by atoms with Crippen molar-refractivity contribution in [2.24, 2.45) is 5.92 Å². The predicted molar refractivity (Wildman–Crippen MR) is 65.5 cm³/mol. The molecule has 0 aliphatic carbocycles. The van der Waals surface area contributed by atoms with Crippen LogP contribution in [0.5, 0.6) is 0 Å². The summed E-state index contributed by atoms with van der Waals surface area (Å²) >= 11 is 5.86. The van der Waals surface area contributed by atoms with Gasteiger partial charge in [0.05, 0.1) is 5.02 Å². The van der Waals surface area contributed by atoms with Crippen LogP contribution in [0.2, 0.25) is 5.02 Å². The Bertz CT molecular complexity index is 544. The zero-order valence-electron chi connectivity index (χ0n) is 10.3. The van der Waals surface area contributed by atoms with Crippen LogP contribution in [0.3, 0.4) is 0 Å². The first-order valence-corrected chi connectivity index (χ1v) is 5.94. The number of carbonyl (C=O) groups is 3. The molecule has 6 heteroatoms. The van der Waals surface area contributed by atoms with Crippen molar-refractivity contribution in [3.05, 3.63) is 34.9 Å². The van der Waals surface area contributed by atoms with Crippen LogP contribution in [-0.4, -0.2) is 23.5 Å². The highest BCUT2D eigenvalue weighted by molar-refractivity contribution is 6.35. The first-order chi connectivity index (χ1) is 8.82. The van der Waals surface area contributed by atoms with Crippen LogP contribution in [0.4, 0.5) is 0 Å². The second-order valence-electron chi connectivity index (χ2n) is 4.52. The van der Waals surface area contributed by atoms with Crippen LogP contribution >= 0.6 is 11.6 Å². The predicted octanol–water partition coefficient (Wildman–Crippen LogP) is 1.97. The molecule has 19 heavy (non-hydrogen) atoms. The van der Waals surface area contributed by atoms with Gasteiger partial charge in [0.2, 0.25) is 5.92 Å². The van der Waals surface area contributed by atoms with E-state index in [2.05, 4.69) is 0 Å². The third kappa shape index (κ3) is 2.61. The number of benzene rings is 1. The van der Waals surface area contributed by atoms with Crippen molar-refractivity contribution < 1.29 is 23.9 Å². The third-order valence-electron chi connectivity index (χ3n) is 2.57. The fourth-order valence-electron chi connectivity index (χ4n) is 1.75. The van der Waals surface area contributed by atoms with Crippen molar-refractivity contribution in [3.63, 3.8) is 0 Å². The number of carbonyl (C=O) groups excluding carboxylic acids is 3. The van der Waals surface area contributed by atoms with Crippen molar-refractivity contribution in [3.8, 4) is 0 Å². The van der Waals surface area contributed by atoms with E-state index in [1.807, 2.05) is 0 Å². The largest absolute Gasteiger partial charge is 0.422 e. The summed E-state index contributed by atoms with van der Waals surface area (Å²) in [5, 5.41) is 0.165. The van der Waals surface area contributed by atoms with Crippen molar-refractivity contribution in [1.82, 2.24) is 0 Å². The molecule has 0 radical (unpaired) electrons. The van der Waals surface area contributed by atoms with E-state index in [0.717, 1.165) is 0 Å². The number of hydrogen-bond donors (Lipinski definition) is 0. The van der Waals surface area contributed by atoms with E-state index in [-0.39, 0.29) is 10.6 Å².